The van der Waals surface area contributed by atoms with E-state index in [0.717, 1.165) is 17.6 Å². The number of amides is 1. The topological polar surface area (TPSA) is 38.3 Å². The van der Waals surface area contributed by atoms with Crippen LogP contribution in [0, 0.1) is 0 Å². The molecule has 1 saturated heterocycles. The van der Waals surface area contributed by atoms with E-state index in [4.69, 9.17) is 4.74 Å². The van der Waals surface area contributed by atoms with Crippen LogP contribution in [-0.4, -0.2) is 24.7 Å². The van der Waals surface area contributed by atoms with Crippen LogP contribution in [0.3, 0.4) is 0 Å². The van der Waals surface area contributed by atoms with Crippen molar-refractivity contribution in [3.63, 3.8) is 0 Å². The molecule has 1 amide bonds. The van der Waals surface area contributed by atoms with Crippen LogP contribution in [-0.2, 0) is 9.53 Å². The minimum atomic E-state index is -0.178. The Morgan fingerprint density at radius 2 is 2.18 bits per heavy atom. The van der Waals surface area contributed by atoms with Gasteiger partial charge in [0.1, 0.15) is 0 Å². The van der Waals surface area contributed by atoms with Crippen LogP contribution >= 0.6 is 0 Å². The van der Waals surface area contributed by atoms with Gasteiger partial charge in [-0.25, -0.2) is 0 Å². The Bertz CT molecular complexity index is 571. The number of carbonyl (C=O) groups excluding carboxylic acids is 1. The number of carbonyl (C=O) groups is 1. The zero-order valence-corrected chi connectivity index (χ0v) is 9.67. The summed E-state index contributed by atoms with van der Waals surface area (Å²) in [4.78, 5) is 12.2. The van der Waals surface area contributed by atoms with Crippen LogP contribution in [0.1, 0.15) is 13.3 Å². The Morgan fingerprint density at radius 1 is 1.35 bits per heavy atom. The molecule has 0 unspecified atom stereocenters. The molecule has 0 atom stereocenters. The lowest BCUT2D eigenvalue weighted by atomic mass is 9.99. The summed E-state index contributed by atoms with van der Waals surface area (Å²) >= 11 is 0. The molecule has 0 bridgehead atoms. The average molecular weight is 227 g/mol. The van der Waals surface area contributed by atoms with E-state index >= 15 is 0 Å². The molecule has 0 aromatic heterocycles. The van der Waals surface area contributed by atoms with Crippen molar-refractivity contribution >= 4 is 5.91 Å². The van der Waals surface area contributed by atoms with E-state index in [-0.39, 0.29) is 11.4 Å². The van der Waals surface area contributed by atoms with E-state index < -0.39 is 0 Å². The maximum Gasteiger partial charge on any atom is 0.252 e. The number of rotatable bonds is 2. The summed E-state index contributed by atoms with van der Waals surface area (Å²) in [6, 6.07) is 0. The third-order valence-electron chi connectivity index (χ3n) is 3.77. The maximum atomic E-state index is 12.2. The van der Waals surface area contributed by atoms with Gasteiger partial charge in [-0.15, -0.1) is 0 Å². The van der Waals surface area contributed by atoms with Gasteiger partial charge in [0.05, 0.1) is 18.8 Å². The van der Waals surface area contributed by atoms with Crippen molar-refractivity contribution in [1.82, 2.24) is 5.32 Å². The van der Waals surface area contributed by atoms with Gasteiger partial charge in [0.25, 0.3) is 5.91 Å². The van der Waals surface area contributed by atoms with Gasteiger partial charge in [0, 0.05) is 5.57 Å². The van der Waals surface area contributed by atoms with Crippen molar-refractivity contribution in [1.29, 1.82) is 0 Å². The van der Waals surface area contributed by atoms with Crippen LogP contribution in [0.25, 0.3) is 0 Å². The second-order valence-electron chi connectivity index (χ2n) is 5.41. The smallest absolute Gasteiger partial charge is 0.252 e. The molecular formula is C14H13NO2. The van der Waals surface area contributed by atoms with Crippen molar-refractivity contribution in [2.24, 2.45) is 0 Å². The van der Waals surface area contributed by atoms with Gasteiger partial charge in [-0.2, -0.15) is 0 Å². The van der Waals surface area contributed by atoms with Crippen LogP contribution in [0.4, 0.5) is 0 Å². The molecule has 86 valence electrons. The molecule has 0 aromatic carbocycles. The molecule has 0 radical (unpaired) electrons. The fraction of sp³-hybridized carbons (Fsp3) is 0.357. The van der Waals surface area contributed by atoms with Crippen LogP contribution in [0.2, 0.25) is 0 Å². The largest absolute Gasteiger partial charge is 0.376 e. The molecule has 3 heteroatoms. The molecule has 4 rings (SSSR count). The molecule has 3 nitrogen and oxygen atoms in total. The van der Waals surface area contributed by atoms with Crippen LogP contribution < -0.4 is 5.32 Å². The molecule has 2 fully saturated rings. The van der Waals surface area contributed by atoms with Gasteiger partial charge < -0.3 is 10.1 Å². The maximum absolute atomic E-state index is 12.2. The first-order chi connectivity index (χ1) is 8.16. The highest BCUT2D eigenvalue weighted by molar-refractivity contribution is 6.02. The third kappa shape index (κ3) is 1.23. The molecule has 0 aromatic rings. The lowest BCUT2D eigenvalue weighted by molar-refractivity contribution is -0.127. The summed E-state index contributed by atoms with van der Waals surface area (Å²) in [5.41, 5.74) is 5.84. The highest BCUT2D eigenvalue weighted by Crippen LogP contribution is 2.51. The van der Waals surface area contributed by atoms with Crippen molar-refractivity contribution < 1.29 is 9.53 Å². The van der Waals surface area contributed by atoms with Gasteiger partial charge in [-0.1, -0.05) is 6.08 Å². The summed E-state index contributed by atoms with van der Waals surface area (Å²) < 4.78 is 5.14. The lowest BCUT2D eigenvalue weighted by Gasteiger charge is -2.38. The van der Waals surface area contributed by atoms with Crippen LogP contribution in [0.15, 0.2) is 46.1 Å². The predicted octanol–water partition coefficient (Wildman–Crippen LogP) is 1.40. The molecule has 4 aliphatic rings. The fourth-order valence-corrected chi connectivity index (χ4v) is 2.66. The number of hydrogen-bond donors (Lipinski definition) is 1. The van der Waals surface area contributed by atoms with Crippen molar-refractivity contribution in [3.8, 4) is 0 Å². The normalized spacial score (nSPS) is 26.5. The van der Waals surface area contributed by atoms with Gasteiger partial charge >= 0.3 is 0 Å². The Hall–Kier alpha value is -1.61. The first-order valence-electron chi connectivity index (χ1n) is 5.93. The SMILES string of the molecule is CC1(NC(=O)C2=C3C=C4CC4=C3C=C2)COC1. The summed E-state index contributed by atoms with van der Waals surface area (Å²) in [5.74, 6) is 0.0239. The summed E-state index contributed by atoms with van der Waals surface area (Å²) in [5, 5.41) is 3.05. The minimum absolute atomic E-state index is 0.0239. The Balaban J connectivity index is 1.62. The summed E-state index contributed by atoms with van der Waals surface area (Å²) in [7, 11) is 0. The molecule has 17 heavy (non-hydrogen) atoms. The highest BCUT2D eigenvalue weighted by atomic mass is 16.5. The van der Waals surface area contributed by atoms with Crippen molar-refractivity contribution in [2.75, 3.05) is 13.2 Å². The molecule has 1 heterocycles. The number of fused-ring (bicyclic) bond motifs is 2. The van der Waals surface area contributed by atoms with Gasteiger partial charge in [-0.3, -0.25) is 4.79 Å². The summed E-state index contributed by atoms with van der Waals surface area (Å²) in [6.07, 6.45) is 7.26. The number of ether oxygens (including phenoxy) is 1. The second kappa shape index (κ2) is 2.79. The van der Waals surface area contributed by atoms with Crippen LogP contribution in [0.5, 0.6) is 0 Å². The highest BCUT2D eigenvalue weighted by Gasteiger charge is 2.39. The monoisotopic (exact) mass is 227 g/mol. The Labute approximate surface area is 99.5 Å². The number of allylic oxidation sites excluding steroid dienone is 6. The van der Waals surface area contributed by atoms with Gasteiger partial charge in [-0.05, 0) is 47.8 Å². The molecule has 1 N–H and O–H groups in total. The van der Waals surface area contributed by atoms with E-state index in [1.54, 1.807) is 0 Å². The first-order valence-corrected chi connectivity index (χ1v) is 5.93. The fourth-order valence-electron chi connectivity index (χ4n) is 2.66. The zero-order valence-electron chi connectivity index (χ0n) is 9.67. The third-order valence-corrected chi connectivity index (χ3v) is 3.77. The lowest BCUT2D eigenvalue weighted by Crippen LogP contribution is -2.60. The van der Waals surface area contributed by atoms with Gasteiger partial charge in [0.15, 0.2) is 0 Å². The zero-order chi connectivity index (χ0) is 11.6. The molecule has 3 aliphatic carbocycles. The standard InChI is InChI=1S/C14H13NO2/c1-14(6-17-7-14)15-13(16)10-3-2-9-11-4-8(11)5-12(9)10/h2-3,5H,4,6-7H2,1H3,(H,15,16). The minimum Gasteiger partial charge on any atom is -0.376 e. The molecular weight excluding hydrogens is 214 g/mol. The number of nitrogens with one attached hydrogen (secondary N) is 1. The van der Waals surface area contributed by atoms with E-state index in [1.165, 1.54) is 16.7 Å². The first kappa shape index (κ1) is 9.42. The second-order valence-corrected chi connectivity index (χ2v) is 5.41. The quantitative estimate of drug-likeness (QED) is 0.774. The average Bonchev–Trinajstić information content (AvgIpc) is 2.73. The van der Waals surface area contributed by atoms with E-state index in [2.05, 4.69) is 17.5 Å². The molecule has 1 saturated carbocycles. The molecule has 1 aliphatic heterocycles. The van der Waals surface area contributed by atoms with E-state index in [9.17, 15) is 4.79 Å². The van der Waals surface area contributed by atoms with E-state index in [0.29, 0.717) is 13.2 Å². The van der Waals surface area contributed by atoms with Crippen molar-refractivity contribution in [3.05, 3.63) is 46.1 Å². The Morgan fingerprint density at radius 3 is 2.88 bits per heavy atom. The van der Waals surface area contributed by atoms with Gasteiger partial charge in [0.2, 0.25) is 0 Å². The molecule has 0 spiro atoms. The number of hydrogen-bond acceptors (Lipinski definition) is 2. The van der Waals surface area contributed by atoms with E-state index in [1.807, 2.05) is 13.0 Å². The van der Waals surface area contributed by atoms with Crippen molar-refractivity contribution in [2.45, 2.75) is 18.9 Å². The predicted molar refractivity (Wildman–Crippen MR) is 63.3 cm³/mol. The Kier molecular flexibility index (Phi) is 1.55. The summed E-state index contributed by atoms with van der Waals surface area (Å²) in [6.45, 7) is 3.24.